The van der Waals surface area contributed by atoms with Gasteiger partial charge in [-0.3, -0.25) is 4.79 Å². The van der Waals surface area contributed by atoms with Crippen molar-refractivity contribution in [3.8, 4) is 0 Å². The van der Waals surface area contributed by atoms with Crippen molar-refractivity contribution >= 4 is 29.0 Å². The van der Waals surface area contributed by atoms with E-state index in [0.717, 1.165) is 22.7 Å². The first-order valence-corrected chi connectivity index (χ1v) is 7.49. The van der Waals surface area contributed by atoms with Crippen molar-refractivity contribution in [2.24, 2.45) is 0 Å². The van der Waals surface area contributed by atoms with Crippen LogP contribution >= 0.6 is 11.8 Å². The Kier molecular flexibility index (Phi) is 3.20. The number of anilines is 2. The van der Waals surface area contributed by atoms with Crippen LogP contribution < -0.4 is 11.1 Å². The van der Waals surface area contributed by atoms with Gasteiger partial charge in [0.05, 0.1) is 0 Å². The quantitative estimate of drug-likeness (QED) is 0.805. The highest BCUT2D eigenvalue weighted by Gasteiger charge is 2.20. The molecule has 1 aromatic carbocycles. The van der Waals surface area contributed by atoms with Crippen LogP contribution in [-0.2, 0) is 11.2 Å². The van der Waals surface area contributed by atoms with E-state index in [-0.39, 0.29) is 5.91 Å². The number of carbonyl (C=O) groups excluding carboxylic acids is 1. The third-order valence-corrected chi connectivity index (χ3v) is 5.14. The largest absolute Gasteiger partial charge is 0.398 e. The van der Waals surface area contributed by atoms with Crippen LogP contribution in [0.2, 0.25) is 0 Å². The molecule has 18 heavy (non-hydrogen) atoms. The molecule has 2 aliphatic rings. The van der Waals surface area contributed by atoms with Gasteiger partial charge < -0.3 is 11.1 Å². The van der Waals surface area contributed by atoms with E-state index in [2.05, 4.69) is 11.4 Å². The molecule has 1 aliphatic carbocycles. The normalized spacial score (nSPS) is 19.7. The third kappa shape index (κ3) is 2.34. The molecule has 0 spiro atoms. The van der Waals surface area contributed by atoms with Crippen LogP contribution in [0.3, 0.4) is 0 Å². The van der Waals surface area contributed by atoms with E-state index in [1.54, 1.807) is 0 Å². The van der Waals surface area contributed by atoms with Crippen molar-refractivity contribution < 1.29 is 4.79 Å². The number of aryl methyl sites for hydroxylation is 1. The number of nitrogens with two attached hydrogens (primary N) is 1. The molecule has 1 aromatic rings. The Hall–Kier alpha value is -1.16. The standard InChI is InChI=1S/C14H18N2OS/c15-11-7-9-5-6-14(17)16-12(9)8-13(11)18-10-3-1-2-4-10/h7-8,10H,1-6,15H2,(H,16,17). The summed E-state index contributed by atoms with van der Waals surface area (Å²) in [6, 6.07) is 4.09. The van der Waals surface area contributed by atoms with Crippen LogP contribution in [0.25, 0.3) is 0 Å². The van der Waals surface area contributed by atoms with Gasteiger partial charge in [-0.15, -0.1) is 11.8 Å². The maximum Gasteiger partial charge on any atom is 0.224 e. The molecule has 1 aliphatic heterocycles. The first-order valence-electron chi connectivity index (χ1n) is 6.61. The molecule has 0 saturated heterocycles. The van der Waals surface area contributed by atoms with Crippen LogP contribution in [0.1, 0.15) is 37.7 Å². The van der Waals surface area contributed by atoms with Gasteiger partial charge in [-0.25, -0.2) is 0 Å². The van der Waals surface area contributed by atoms with E-state index in [9.17, 15) is 4.79 Å². The minimum absolute atomic E-state index is 0.115. The summed E-state index contributed by atoms with van der Waals surface area (Å²) in [6.07, 6.45) is 6.61. The first kappa shape index (κ1) is 11.9. The monoisotopic (exact) mass is 262 g/mol. The number of hydrogen-bond acceptors (Lipinski definition) is 3. The van der Waals surface area contributed by atoms with Gasteiger partial charge in [0, 0.05) is 27.9 Å². The molecule has 1 amide bonds. The number of hydrogen-bond donors (Lipinski definition) is 2. The fourth-order valence-corrected chi connectivity index (χ4v) is 4.02. The Labute approximate surface area is 112 Å². The van der Waals surface area contributed by atoms with E-state index in [1.165, 1.54) is 31.2 Å². The van der Waals surface area contributed by atoms with E-state index in [1.807, 2.05) is 17.8 Å². The molecule has 0 aromatic heterocycles. The molecule has 1 heterocycles. The van der Waals surface area contributed by atoms with Crippen molar-refractivity contribution in [1.29, 1.82) is 0 Å². The van der Waals surface area contributed by atoms with Crippen LogP contribution in [-0.4, -0.2) is 11.2 Å². The predicted molar refractivity (Wildman–Crippen MR) is 75.9 cm³/mol. The van der Waals surface area contributed by atoms with Crippen LogP contribution in [0.5, 0.6) is 0 Å². The van der Waals surface area contributed by atoms with Gasteiger partial charge in [-0.05, 0) is 37.0 Å². The zero-order valence-corrected chi connectivity index (χ0v) is 11.2. The number of amides is 1. The molecule has 3 nitrogen and oxygen atoms in total. The van der Waals surface area contributed by atoms with E-state index in [0.29, 0.717) is 11.7 Å². The summed E-state index contributed by atoms with van der Waals surface area (Å²) in [6.45, 7) is 0. The SMILES string of the molecule is Nc1cc2c(cc1SC1CCCC1)NC(=O)CC2. The number of nitrogens with one attached hydrogen (secondary N) is 1. The van der Waals surface area contributed by atoms with Crippen LogP contribution in [0.15, 0.2) is 17.0 Å². The maximum atomic E-state index is 11.4. The van der Waals surface area contributed by atoms with Gasteiger partial charge in [0.25, 0.3) is 0 Å². The van der Waals surface area contributed by atoms with Gasteiger partial charge in [0.1, 0.15) is 0 Å². The fraction of sp³-hybridized carbons (Fsp3) is 0.500. The summed E-state index contributed by atoms with van der Waals surface area (Å²) < 4.78 is 0. The Morgan fingerprint density at radius 3 is 2.78 bits per heavy atom. The van der Waals surface area contributed by atoms with Crippen molar-refractivity contribution in [2.45, 2.75) is 48.7 Å². The number of nitrogen functional groups attached to an aromatic ring is 1. The summed E-state index contributed by atoms with van der Waals surface area (Å²) in [7, 11) is 0. The second-order valence-corrected chi connectivity index (χ2v) is 6.46. The molecule has 0 radical (unpaired) electrons. The maximum absolute atomic E-state index is 11.4. The van der Waals surface area contributed by atoms with Gasteiger partial charge in [-0.2, -0.15) is 0 Å². The summed E-state index contributed by atoms with van der Waals surface area (Å²) in [5, 5.41) is 3.64. The Morgan fingerprint density at radius 2 is 2.00 bits per heavy atom. The lowest BCUT2D eigenvalue weighted by atomic mass is 10.0. The van der Waals surface area contributed by atoms with Crippen molar-refractivity contribution in [2.75, 3.05) is 11.1 Å². The first-order chi connectivity index (χ1) is 8.72. The second kappa shape index (κ2) is 4.84. The highest BCUT2D eigenvalue weighted by atomic mass is 32.2. The molecule has 3 rings (SSSR count). The van der Waals surface area contributed by atoms with Gasteiger partial charge >= 0.3 is 0 Å². The minimum Gasteiger partial charge on any atom is -0.398 e. The summed E-state index contributed by atoms with van der Waals surface area (Å²) >= 11 is 1.88. The van der Waals surface area contributed by atoms with Crippen LogP contribution in [0, 0.1) is 0 Å². The van der Waals surface area contributed by atoms with Crippen molar-refractivity contribution in [3.05, 3.63) is 17.7 Å². The smallest absolute Gasteiger partial charge is 0.224 e. The topological polar surface area (TPSA) is 55.1 Å². The van der Waals surface area contributed by atoms with Crippen molar-refractivity contribution in [3.63, 3.8) is 0 Å². The lowest BCUT2D eigenvalue weighted by molar-refractivity contribution is -0.116. The number of carbonyl (C=O) groups is 1. The molecule has 96 valence electrons. The molecule has 0 bridgehead atoms. The molecule has 0 atom stereocenters. The Bertz CT molecular complexity index is 481. The molecule has 1 fully saturated rings. The average Bonchev–Trinajstić information content (AvgIpc) is 2.83. The fourth-order valence-electron chi connectivity index (χ4n) is 2.72. The van der Waals surface area contributed by atoms with Gasteiger partial charge in [0.2, 0.25) is 5.91 Å². The third-order valence-electron chi connectivity index (χ3n) is 3.73. The highest BCUT2D eigenvalue weighted by molar-refractivity contribution is 8.00. The van der Waals surface area contributed by atoms with Gasteiger partial charge in [0.15, 0.2) is 0 Å². The molecule has 1 saturated carbocycles. The lowest BCUT2D eigenvalue weighted by Gasteiger charge is -2.20. The molecular weight excluding hydrogens is 244 g/mol. The number of rotatable bonds is 2. The average molecular weight is 262 g/mol. The lowest BCUT2D eigenvalue weighted by Crippen LogP contribution is -2.19. The van der Waals surface area contributed by atoms with Gasteiger partial charge in [-0.1, -0.05) is 12.8 Å². The van der Waals surface area contributed by atoms with E-state index < -0.39 is 0 Å². The van der Waals surface area contributed by atoms with E-state index >= 15 is 0 Å². The number of benzene rings is 1. The number of fused-ring (bicyclic) bond motifs is 1. The van der Waals surface area contributed by atoms with E-state index in [4.69, 9.17) is 5.73 Å². The Balaban J connectivity index is 1.85. The highest BCUT2D eigenvalue weighted by Crippen LogP contribution is 2.40. The summed E-state index contributed by atoms with van der Waals surface area (Å²) in [5.74, 6) is 0.115. The second-order valence-electron chi connectivity index (χ2n) is 5.12. The minimum atomic E-state index is 0.115. The Morgan fingerprint density at radius 1 is 1.22 bits per heavy atom. The molecule has 0 unspecified atom stereocenters. The molecule has 4 heteroatoms. The van der Waals surface area contributed by atoms with Crippen LogP contribution in [0.4, 0.5) is 11.4 Å². The predicted octanol–water partition coefficient (Wildman–Crippen LogP) is 3.19. The molecular formula is C14H18N2OS. The summed E-state index contributed by atoms with van der Waals surface area (Å²) in [5.41, 5.74) is 9.12. The zero-order chi connectivity index (χ0) is 12.5. The molecule has 3 N–H and O–H groups in total. The number of thioether (sulfide) groups is 1. The van der Waals surface area contributed by atoms with Crippen molar-refractivity contribution in [1.82, 2.24) is 0 Å². The zero-order valence-electron chi connectivity index (χ0n) is 10.4. The summed E-state index contributed by atoms with van der Waals surface area (Å²) in [4.78, 5) is 12.5.